The molecule has 3 aliphatic rings. The first kappa shape index (κ1) is 17.8. The smallest absolute Gasteiger partial charge is 0.233 e. The van der Waals surface area contributed by atoms with Gasteiger partial charge in [-0.05, 0) is 43.9 Å². The second kappa shape index (κ2) is 7.66. The van der Waals surface area contributed by atoms with E-state index in [0.717, 1.165) is 73.2 Å². The lowest BCUT2D eigenvalue weighted by Gasteiger charge is -2.15. The molecule has 2 fully saturated rings. The number of benzene rings is 1. The Morgan fingerprint density at radius 1 is 1.07 bits per heavy atom. The summed E-state index contributed by atoms with van der Waals surface area (Å²) in [5, 5.41) is 9.71. The number of likely N-dealkylation sites (tertiary alicyclic amines) is 1. The first-order valence-corrected chi connectivity index (χ1v) is 11.0. The predicted molar refractivity (Wildman–Crippen MR) is 106 cm³/mol. The topological polar surface area (TPSA) is 69.5 Å². The third kappa shape index (κ3) is 3.57. The Labute approximate surface area is 168 Å². The molecule has 28 heavy (non-hydrogen) atoms. The molecule has 1 saturated heterocycles. The van der Waals surface area contributed by atoms with E-state index < -0.39 is 0 Å². The van der Waals surface area contributed by atoms with E-state index in [1.807, 2.05) is 23.1 Å². The van der Waals surface area contributed by atoms with Gasteiger partial charge in [0.05, 0.1) is 19.0 Å². The number of rotatable bonds is 5. The van der Waals surface area contributed by atoms with Crippen LogP contribution in [0.2, 0.25) is 0 Å². The van der Waals surface area contributed by atoms with Crippen LogP contribution in [0.3, 0.4) is 0 Å². The van der Waals surface area contributed by atoms with Crippen molar-refractivity contribution in [2.24, 2.45) is 0 Å². The summed E-state index contributed by atoms with van der Waals surface area (Å²) in [5.41, 5.74) is 0.973. The molecule has 0 radical (unpaired) electrons. The molecule has 1 aromatic heterocycles. The maximum absolute atomic E-state index is 12.4. The first-order chi connectivity index (χ1) is 13.8. The van der Waals surface area contributed by atoms with Crippen LogP contribution >= 0.6 is 11.8 Å². The molecule has 2 aliphatic heterocycles. The Kier molecular flexibility index (Phi) is 4.88. The number of thioether (sulfide) groups is 1. The van der Waals surface area contributed by atoms with Crippen LogP contribution in [0.4, 0.5) is 0 Å². The number of fused-ring (bicyclic) bond motifs is 1. The molecule has 1 aliphatic carbocycles. The van der Waals surface area contributed by atoms with Crippen molar-refractivity contribution < 1.29 is 14.3 Å². The number of hydrogen-bond acceptors (Lipinski definition) is 6. The number of carbonyl (C=O) groups is 1. The van der Waals surface area contributed by atoms with Crippen LogP contribution in [-0.4, -0.2) is 57.6 Å². The van der Waals surface area contributed by atoms with Gasteiger partial charge >= 0.3 is 0 Å². The molecule has 0 spiro atoms. The van der Waals surface area contributed by atoms with Gasteiger partial charge in [0.25, 0.3) is 0 Å². The normalized spacial score (nSPS) is 18.9. The highest BCUT2D eigenvalue weighted by atomic mass is 32.2. The van der Waals surface area contributed by atoms with Crippen molar-refractivity contribution in [3.63, 3.8) is 0 Å². The summed E-state index contributed by atoms with van der Waals surface area (Å²) >= 11 is 1.50. The van der Waals surface area contributed by atoms with E-state index in [0.29, 0.717) is 25.0 Å². The van der Waals surface area contributed by atoms with Gasteiger partial charge in [0, 0.05) is 31.1 Å². The van der Waals surface area contributed by atoms with Crippen LogP contribution < -0.4 is 9.47 Å². The van der Waals surface area contributed by atoms with Gasteiger partial charge in [0.1, 0.15) is 0 Å². The third-order valence-electron chi connectivity index (χ3n) is 5.37. The van der Waals surface area contributed by atoms with Crippen molar-refractivity contribution in [2.75, 3.05) is 32.1 Å². The highest BCUT2D eigenvalue weighted by Gasteiger charge is 2.31. The molecule has 8 heteroatoms. The fourth-order valence-corrected chi connectivity index (χ4v) is 4.63. The van der Waals surface area contributed by atoms with E-state index in [4.69, 9.17) is 9.47 Å². The van der Waals surface area contributed by atoms with E-state index in [1.54, 1.807) is 0 Å². The van der Waals surface area contributed by atoms with E-state index in [2.05, 4.69) is 14.8 Å². The highest BCUT2D eigenvalue weighted by Crippen LogP contribution is 2.42. The zero-order chi connectivity index (χ0) is 18.9. The highest BCUT2D eigenvalue weighted by molar-refractivity contribution is 7.99. The molecule has 0 unspecified atom stereocenters. The maximum atomic E-state index is 12.4. The van der Waals surface area contributed by atoms with Crippen molar-refractivity contribution in [1.82, 2.24) is 19.7 Å². The van der Waals surface area contributed by atoms with Crippen molar-refractivity contribution in [3.8, 4) is 22.9 Å². The van der Waals surface area contributed by atoms with Crippen LogP contribution in [0.15, 0.2) is 23.4 Å². The molecule has 0 bridgehead atoms. The molecule has 1 saturated carbocycles. The summed E-state index contributed by atoms with van der Waals surface area (Å²) in [4.78, 5) is 14.4. The average Bonchev–Trinajstić information content (AvgIpc) is 3.31. The van der Waals surface area contributed by atoms with E-state index >= 15 is 0 Å². The lowest BCUT2D eigenvalue weighted by atomic mass is 10.2. The second-order valence-corrected chi connectivity index (χ2v) is 8.44. The fraction of sp³-hybridized carbons (Fsp3) is 0.550. The predicted octanol–water partition coefficient (Wildman–Crippen LogP) is 3.16. The van der Waals surface area contributed by atoms with Gasteiger partial charge in [-0.15, -0.1) is 10.2 Å². The second-order valence-electron chi connectivity index (χ2n) is 7.50. The number of carbonyl (C=O) groups excluding carboxylic acids is 1. The summed E-state index contributed by atoms with van der Waals surface area (Å²) in [7, 11) is 0. The SMILES string of the molecule is O=C(CSc1nnc(-c2ccc3c(c2)OCCCO3)n1C1CC1)N1CCCC1. The van der Waals surface area contributed by atoms with E-state index in [1.165, 1.54) is 11.8 Å². The van der Waals surface area contributed by atoms with Crippen molar-refractivity contribution in [3.05, 3.63) is 18.2 Å². The number of ether oxygens (including phenoxy) is 2. The molecule has 0 atom stereocenters. The zero-order valence-electron chi connectivity index (χ0n) is 15.8. The minimum absolute atomic E-state index is 0.199. The molecule has 5 rings (SSSR count). The molecule has 2 aromatic rings. The van der Waals surface area contributed by atoms with E-state index in [-0.39, 0.29) is 5.91 Å². The third-order valence-corrected chi connectivity index (χ3v) is 6.29. The van der Waals surface area contributed by atoms with Crippen LogP contribution in [-0.2, 0) is 4.79 Å². The Bertz CT molecular complexity index is 874. The van der Waals surface area contributed by atoms with Crippen molar-refractivity contribution >= 4 is 17.7 Å². The first-order valence-electron chi connectivity index (χ1n) is 10.0. The van der Waals surface area contributed by atoms with Crippen LogP contribution in [0.1, 0.15) is 38.1 Å². The van der Waals surface area contributed by atoms with Gasteiger partial charge < -0.3 is 14.4 Å². The molecule has 7 nitrogen and oxygen atoms in total. The fourth-order valence-electron chi connectivity index (χ4n) is 3.72. The quantitative estimate of drug-likeness (QED) is 0.718. The minimum Gasteiger partial charge on any atom is -0.490 e. The standard InChI is InChI=1S/C20H24N4O3S/c25-18(23-8-1-2-9-23)13-28-20-22-21-19(24(20)15-5-6-15)14-4-7-16-17(12-14)27-11-3-10-26-16/h4,7,12,15H,1-3,5-6,8-11,13H2. The Balaban J connectivity index is 1.38. The van der Waals surface area contributed by atoms with Crippen LogP contribution in [0.25, 0.3) is 11.4 Å². The Morgan fingerprint density at radius 3 is 2.64 bits per heavy atom. The van der Waals surface area contributed by atoms with Gasteiger partial charge in [0.2, 0.25) is 5.91 Å². The van der Waals surface area contributed by atoms with Gasteiger partial charge in [-0.1, -0.05) is 11.8 Å². The molecular weight excluding hydrogens is 376 g/mol. The average molecular weight is 401 g/mol. The summed E-state index contributed by atoms with van der Waals surface area (Å²) in [6.45, 7) is 3.11. The molecule has 1 amide bonds. The van der Waals surface area contributed by atoms with Gasteiger partial charge in [0.15, 0.2) is 22.5 Å². The largest absolute Gasteiger partial charge is 0.490 e. The van der Waals surface area contributed by atoms with Crippen molar-refractivity contribution in [2.45, 2.75) is 43.3 Å². The molecule has 148 valence electrons. The number of amides is 1. The monoisotopic (exact) mass is 400 g/mol. The van der Waals surface area contributed by atoms with Crippen molar-refractivity contribution in [1.29, 1.82) is 0 Å². The van der Waals surface area contributed by atoms with Crippen LogP contribution in [0.5, 0.6) is 11.5 Å². The molecule has 0 N–H and O–H groups in total. The molecule has 1 aromatic carbocycles. The Hall–Kier alpha value is -2.22. The van der Waals surface area contributed by atoms with E-state index in [9.17, 15) is 4.79 Å². The summed E-state index contributed by atoms with van der Waals surface area (Å²) in [6, 6.07) is 6.38. The number of nitrogens with zero attached hydrogens (tertiary/aromatic N) is 4. The zero-order valence-corrected chi connectivity index (χ0v) is 16.6. The van der Waals surface area contributed by atoms with Gasteiger partial charge in [-0.3, -0.25) is 9.36 Å². The Morgan fingerprint density at radius 2 is 1.86 bits per heavy atom. The number of aromatic nitrogens is 3. The summed E-state index contributed by atoms with van der Waals surface area (Å²) in [5.74, 6) is 3.01. The van der Waals surface area contributed by atoms with Gasteiger partial charge in [-0.2, -0.15) is 0 Å². The minimum atomic E-state index is 0.199. The van der Waals surface area contributed by atoms with Crippen LogP contribution in [0, 0.1) is 0 Å². The summed E-state index contributed by atoms with van der Waals surface area (Å²) in [6.07, 6.45) is 5.37. The lowest BCUT2D eigenvalue weighted by molar-refractivity contribution is -0.127. The summed E-state index contributed by atoms with van der Waals surface area (Å²) < 4.78 is 13.8. The molecule has 3 heterocycles. The lowest BCUT2D eigenvalue weighted by Crippen LogP contribution is -2.29. The van der Waals surface area contributed by atoms with Gasteiger partial charge in [-0.25, -0.2) is 0 Å². The number of hydrogen-bond donors (Lipinski definition) is 0. The maximum Gasteiger partial charge on any atom is 0.233 e. The molecular formula is C20H24N4O3S.